The summed E-state index contributed by atoms with van der Waals surface area (Å²) in [6.07, 6.45) is 0. The summed E-state index contributed by atoms with van der Waals surface area (Å²) in [5.74, 6) is 1.90. The Morgan fingerprint density at radius 2 is 2.10 bits per heavy atom. The number of nitrogens with zero attached hydrogens (tertiary/aromatic N) is 2. The fraction of sp³-hybridized carbons (Fsp3) is 0.143. The van der Waals surface area contributed by atoms with Crippen molar-refractivity contribution < 1.29 is 9.13 Å². The number of thioether (sulfide) groups is 1. The fourth-order valence-electron chi connectivity index (χ4n) is 1.66. The summed E-state index contributed by atoms with van der Waals surface area (Å²) in [5, 5.41) is 9.77. The molecule has 0 saturated carbocycles. The molecule has 21 heavy (non-hydrogen) atoms. The van der Waals surface area contributed by atoms with Crippen molar-refractivity contribution in [3.8, 4) is 16.5 Å². The topological polar surface area (TPSA) is 50.8 Å². The first-order chi connectivity index (χ1) is 10.3. The molecule has 2 aromatic heterocycles. The summed E-state index contributed by atoms with van der Waals surface area (Å²) in [6, 6.07) is 9.96. The number of hydrogen-bond acceptors (Lipinski definition) is 5. The first-order valence-corrected chi connectivity index (χ1v) is 8.15. The molecule has 0 radical (unpaired) electrons. The van der Waals surface area contributed by atoms with Crippen molar-refractivity contribution in [1.29, 1.82) is 0 Å². The lowest BCUT2D eigenvalue weighted by molar-refractivity contribution is 0.343. The van der Waals surface area contributed by atoms with Crippen LogP contribution in [0.4, 0.5) is 4.39 Å². The van der Waals surface area contributed by atoms with Gasteiger partial charge in [0.15, 0.2) is 5.82 Å². The summed E-state index contributed by atoms with van der Waals surface area (Å²) in [7, 11) is 0. The van der Waals surface area contributed by atoms with E-state index in [0.29, 0.717) is 17.5 Å². The average Bonchev–Trinajstić information content (AvgIpc) is 3.16. The van der Waals surface area contributed by atoms with Gasteiger partial charge in [0.1, 0.15) is 11.6 Å². The number of thiophene rings is 1. The standard InChI is InChI=1S/C14H12FN3OS2/c15-10-3-5-11(6-4-10)19-7-9-21-14-16-13(17-18-14)12-2-1-8-20-12/h1-6,8H,7,9H2,(H,16,17,18). The third-order valence-electron chi connectivity index (χ3n) is 2.62. The predicted octanol–water partition coefficient (Wildman–Crippen LogP) is 3.84. The zero-order chi connectivity index (χ0) is 14.5. The average molecular weight is 321 g/mol. The quantitative estimate of drug-likeness (QED) is 0.553. The lowest BCUT2D eigenvalue weighted by Crippen LogP contribution is -2.00. The molecule has 0 amide bonds. The highest BCUT2D eigenvalue weighted by molar-refractivity contribution is 7.99. The van der Waals surface area contributed by atoms with Gasteiger partial charge in [-0.2, -0.15) is 0 Å². The number of aromatic nitrogens is 3. The van der Waals surface area contributed by atoms with Crippen LogP contribution < -0.4 is 4.74 Å². The van der Waals surface area contributed by atoms with E-state index < -0.39 is 0 Å². The summed E-state index contributed by atoms with van der Waals surface area (Å²) < 4.78 is 18.2. The molecule has 0 aliphatic rings. The Balaban J connectivity index is 1.46. The number of benzene rings is 1. The molecule has 3 rings (SSSR count). The minimum Gasteiger partial charge on any atom is -0.493 e. The minimum absolute atomic E-state index is 0.265. The van der Waals surface area contributed by atoms with E-state index in [9.17, 15) is 4.39 Å². The van der Waals surface area contributed by atoms with E-state index >= 15 is 0 Å². The Hall–Kier alpha value is -1.86. The zero-order valence-corrected chi connectivity index (χ0v) is 12.6. The van der Waals surface area contributed by atoms with E-state index in [1.54, 1.807) is 23.5 Å². The molecule has 0 saturated heterocycles. The molecule has 2 heterocycles. The normalized spacial score (nSPS) is 10.7. The van der Waals surface area contributed by atoms with E-state index in [1.807, 2.05) is 17.5 Å². The largest absolute Gasteiger partial charge is 0.493 e. The van der Waals surface area contributed by atoms with Crippen LogP contribution in [-0.2, 0) is 0 Å². The SMILES string of the molecule is Fc1ccc(OCCSc2n[nH]c(-c3cccs3)n2)cc1. The fourth-order valence-corrected chi connectivity index (χ4v) is 2.94. The second kappa shape index (κ2) is 6.73. The highest BCUT2D eigenvalue weighted by atomic mass is 32.2. The van der Waals surface area contributed by atoms with Gasteiger partial charge in [-0.3, -0.25) is 5.10 Å². The molecular formula is C14H12FN3OS2. The van der Waals surface area contributed by atoms with E-state index in [0.717, 1.165) is 16.5 Å². The first kappa shape index (κ1) is 14.1. The van der Waals surface area contributed by atoms with E-state index in [-0.39, 0.29) is 5.82 Å². The van der Waals surface area contributed by atoms with Crippen LogP contribution in [-0.4, -0.2) is 27.5 Å². The predicted molar refractivity (Wildman–Crippen MR) is 82.3 cm³/mol. The summed E-state index contributed by atoms with van der Waals surface area (Å²) in [5.41, 5.74) is 0. The third-order valence-corrected chi connectivity index (χ3v) is 4.30. The van der Waals surface area contributed by atoms with Gasteiger partial charge < -0.3 is 4.74 Å². The van der Waals surface area contributed by atoms with E-state index in [4.69, 9.17) is 4.74 Å². The van der Waals surface area contributed by atoms with Crippen molar-refractivity contribution in [3.63, 3.8) is 0 Å². The van der Waals surface area contributed by atoms with Gasteiger partial charge in [0.25, 0.3) is 0 Å². The van der Waals surface area contributed by atoms with Gasteiger partial charge in [0.2, 0.25) is 5.16 Å². The molecule has 0 atom stereocenters. The van der Waals surface area contributed by atoms with Gasteiger partial charge >= 0.3 is 0 Å². The minimum atomic E-state index is -0.265. The van der Waals surface area contributed by atoms with Crippen LogP contribution in [0.1, 0.15) is 0 Å². The molecule has 0 fully saturated rings. The number of hydrogen-bond donors (Lipinski definition) is 1. The van der Waals surface area contributed by atoms with Gasteiger partial charge in [0.05, 0.1) is 11.5 Å². The molecular weight excluding hydrogens is 309 g/mol. The molecule has 108 valence electrons. The van der Waals surface area contributed by atoms with Crippen LogP contribution in [0.2, 0.25) is 0 Å². The highest BCUT2D eigenvalue weighted by Gasteiger charge is 2.06. The number of halogens is 1. The van der Waals surface area contributed by atoms with Crippen LogP contribution in [0.5, 0.6) is 5.75 Å². The number of aromatic amines is 1. The number of nitrogens with one attached hydrogen (secondary N) is 1. The van der Waals surface area contributed by atoms with Gasteiger partial charge in [-0.25, -0.2) is 9.37 Å². The molecule has 4 nitrogen and oxygen atoms in total. The third kappa shape index (κ3) is 3.83. The van der Waals surface area contributed by atoms with Crippen molar-refractivity contribution in [1.82, 2.24) is 15.2 Å². The lowest BCUT2D eigenvalue weighted by atomic mass is 10.3. The Kier molecular flexibility index (Phi) is 4.52. The summed E-state index contributed by atoms with van der Waals surface area (Å²) >= 11 is 3.13. The van der Waals surface area contributed by atoms with Gasteiger partial charge in [-0.15, -0.1) is 16.4 Å². The van der Waals surface area contributed by atoms with Crippen molar-refractivity contribution in [3.05, 3.63) is 47.6 Å². The first-order valence-electron chi connectivity index (χ1n) is 6.29. The number of rotatable bonds is 6. The van der Waals surface area contributed by atoms with Gasteiger partial charge in [-0.05, 0) is 35.7 Å². The molecule has 0 aliphatic carbocycles. The van der Waals surface area contributed by atoms with Gasteiger partial charge in [-0.1, -0.05) is 17.8 Å². The zero-order valence-electron chi connectivity index (χ0n) is 11.0. The molecule has 0 bridgehead atoms. The molecule has 1 aromatic carbocycles. The smallest absolute Gasteiger partial charge is 0.208 e. The van der Waals surface area contributed by atoms with Crippen molar-refractivity contribution >= 4 is 23.1 Å². The second-order valence-electron chi connectivity index (χ2n) is 4.09. The van der Waals surface area contributed by atoms with Gasteiger partial charge in [0, 0.05) is 5.75 Å². The maximum atomic E-state index is 12.7. The number of H-pyrrole nitrogens is 1. The molecule has 1 N–H and O–H groups in total. The van der Waals surface area contributed by atoms with E-state index in [2.05, 4.69) is 15.2 Å². The Bertz CT molecular complexity index is 683. The Labute approximate surface area is 129 Å². The van der Waals surface area contributed by atoms with E-state index in [1.165, 1.54) is 23.9 Å². The van der Waals surface area contributed by atoms with Crippen molar-refractivity contribution in [2.75, 3.05) is 12.4 Å². The molecule has 0 spiro atoms. The van der Waals surface area contributed by atoms with Crippen molar-refractivity contribution in [2.24, 2.45) is 0 Å². The molecule has 0 aliphatic heterocycles. The summed E-state index contributed by atoms with van der Waals surface area (Å²) in [6.45, 7) is 0.513. The summed E-state index contributed by atoms with van der Waals surface area (Å²) in [4.78, 5) is 5.48. The maximum absolute atomic E-state index is 12.7. The number of ether oxygens (including phenoxy) is 1. The lowest BCUT2D eigenvalue weighted by Gasteiger charge is -2.04. The Morgan fingerprint density at radius 1 is 1.24 bits per heavy atom. The van der Waals surface area contributed by atoms with Crippen LogP contribution in [0, 0.1) is 5.82 Å². The van der Waals surface area contributed by atoms with Crippen LogP contribution >= 0.6 is 23.1 Å². The van der Waals surface area contributed by atoms with Crippen molar-refractivity contribution in [2.45, 2.75) is 5.16 Å². The monoisotopic (exact) mass is 321 g/mol. The molecule has 0 unspecified atom stereocenters. The van der Waals surface area contributed by atoms with Crippen LogP contribution in [0.3, 0.4) is 0 Å². The van der Waals surface area contributed by atoms with Crippen LogP contribution in [0.15, 0.2) is 46.9 Å². The molecule has 7 heteroatoms. The Morgan fingerprint density at radius 3 is 2.86 bits per heavy atom. The molecule has 3 aromatic rings. The second-order valence-corrected chi connectivity index (χ2v) is 6.10. The maximum Gasteiger partial charge on any atom is 0.208 e. The highest BCUT2D eigenvalue weighted by Crippen LogP contribution is 2.23. The van der Waals surface area contributed by atoms with Crippen LogP contribution in [0.25, 0.3) is 10.7 Å².